The van der Waals surface area contributed by atoms with Crippen molar-refractivity contribution in [3.05, 3.63) is 66.2 Å². The first-order valence-corrected chi connectivity index (χ1v) is 12.9. The first-order valence-electron chi connectivity index (χ1n) is 11.5. The Morgan fingerprint density at radius 1 is 1.14 bits per heavy atom. The smallest absolute Gasteiger partial charge is 0.251 e. The third kappa shape index (κ3) is 5.66. The minimum atomic E-state index is -3.71. The number of rotatable bonds is 8. The third-order valence-corrected chi connectivity index (χ3v) is 8.15. The van der Waals surface area contributed by atoms with Crippen LogP contribution in [0.25, 0.3) is 0 Å². The highest BCUT2D eigenvalue weighted by Gasteiger charge is 2.34. The zero-order valence-corrected chi connectivity index (χ0v) is 20.3. The van der Waals surface area contributed by atoms with Crippen LogP contribution in [0.1, 0.15) is 29.3 Å². The lowest BCUT2D eigenvalue weighted by Crippen LogP contribution is -2.51. The van der Waals surface area contributed by atoms with Crippen LogP contribution >= 0.6 is 0 Å². The Hall–Kier alpha value is -3.37. The molecule has 2 N–H and O–H groups in total. The summed E-state index contributed by atoms with van der Waals surface area (Å²) in [6.45, 7) is 6.60. The molecule has 2 aromatic rings. The monoisotopic (exact) mass is 499 g/mol. The lowest BCUT2D eigenvalue weighted by Gasteiger charge is -2.36. The van der Waals surface area contributed by atoms with Gasteiger partial charge in [0, 0.05) is 31.2 Å². The van der Waals surface area contributed by atoms with Crippen molar-refractivity contribution < 1.29 is 27.5 Å². The summed E-state index contributed by atoms with van der Waals surface area (Å²) in [6.07, 6.45) is 2.35. The van der Waals surface area contributed by atoms with Gasteiger partial charge >= 0.3 is 0 Å². The molecule has 4 rings (SSSR count). The molecule has 9 nitrogen and oxygen atoms in total. The summed E-state index contributed by atoms with van der Waals surface area (Å²) >= 11 is 0. The van der Waals surface area contributed by atoms with Gasteiger partial charge in [0.1, 0.15) is 0 Å². The van der Waals surface area contributed by atoms with Gasteiger partial charge in [0.15, 0.2) is 11.5 Å². The van der Waals surface area contributed by atoms with Crippen molar-refractivity contribution in [3.8, 4) is 11.5 Å². The number of ether oxygens (including phenoxy) is 2. The molecular formula is C25H29N3O6S. The van der Waals surface area contributed by atoms with Gasteiger partial charge in [0.05, 0.1) is 4.90 Å². The van der Waals surface area contributed by atoms with E-state index in [1.807, 2.05) is 25.1 Å². The highest BCUT2D eigenvalue weighted by molar-refractivity contribution is 7.89. The van der Waals surface area contributed by atoms with Crippen LogP contribution < -0.4 is 20.1 Å². The predicted octanol–water partition coefficient (Wildman–Crippen LogP) is 2.09. The van der Waals surface area contributed by atoms with E-state index in [1.54, 1.807) is 0 Å². The SMILES string of the molecule is C=CC(=O)NC1CCN(S(=O)(=O)c2ccc(C(=O)NCCc3ccc4c(c3)OCO4)cc2)CC1C. The van der Waals surface area contributed by atoms with Gasteiger partial charge in [-0.3, -0.25) is 9.59 Å². The van der Waals surface area contributed by atoms with E-state index in [0.717, 1.165) is 5.56 Å². The lowest BCUT2D eigenvalue weighted by molar-refractivity contribution is -0.117. The number of carbonyl (C=O) groups excluding carboxylic acids is 2. The Bertz CT molecular complexity index is 1210. The molecule has 35 heavy (non-hydrogen) atoms. The summed E-state index contributed by atoms with van der Waals surface area (Å²) in [7, 11) is -3.71. The number of piperidine rings is 1. The van der Waals surface area contributed by atoms with Gasteiger partial charge < -0.3 is 20.1 Å². The molecule has 0 aromatic heterocycles. The molecular weight excluding hydrogens is 470 g/mol. The van der Waals surface area contributed by atoms with Crippen LogP contribution in [0, 0.1) is 5.92 Å². The quantitative estimate of drug-likeness (QED) is 0.538. The van der Waals surface area contributed by atoms with Crippen molar-refractivity contribution in [3.63, 3.8) is 0 Å². The molecule has 186 valence electrons. The Balaban J connectivity index is 1.31. The van der Waals surface area contributed by atoms with Crippen molar-refractivity contribution in [1.82, 2.24) is 14.9 Å². The molecule has 2 heterocycles. The molecule has 1 fully saturated rings. The molecule has 2 aromatic carbocycles. The maximum absolute atomic E-state index is 13.1. The third-order valence-electron chi connectivity index (χ3n) is 6.27. The molecule has 2 aliphatic rings. The Morgan fingerprint density at radius 3 is 2.60 bits per heavy atom. The van der Waals surface area contributed by atoms with Crippen molar-refractivity contribution >= 4 is 21.8 Å². The molecule has 10 heteroatoms. The number of amides is 2. The summed E-state index contributed by atoms with van der Waals surface area (Å²) < 4.78 is 38.3. The zero-order valence-electron chi connectivity index (χ0n) is 19.5. The summed E-state index contributed by atoms with van der Waals surface area (Å²) in [5.74, 6) is 0.833. The number of carbonyl (C=O) groups is 2. The van der Waals surface area contributed by atoms with E-state index < -0.39 is 10.0 Å². The molecule has 2 atom stereocenters. The first kappa shape index (κ1) is 24.7. The van der Waals surface area contributed by atoms with Gasteiger partial charge in [-0.1, -0.05) is 19.6 Å². The number of benzene rings is 2. The zero-order chi connectivity index (χ0) is 25.0. The average Bonchev–Trinajstić information content (AvgIpc) is 3.33. The molecule has 2 unspecified atom stereocenters. The fraction of sp³-hybridized carbons (Fsp3) is 0.360. The number of nitrogens with one attached hydrogen (secondary N) is 2. The Morgan fingerprint density at radius 2 is 1.89 bits per heavy atom. The van der Waals surface area contributed by atoms with Crippen LogP contribution in [-0.2, 0) is 21.2 Å². The van der Waals surface area contributed by atoms with Gasteiger partial charge in [-0.15, -0.1) is 0 Å². The molecule has 0 radical (unpaired) electrons. The van der Waals surface area contributed by atoms with Crippen molar-refractivity contribution in [2.75, 3.05) is 26.4 Å². The summed E-state index contributed by atoms with van der Waals surface area (Å²) in [4.78, 5) is 24.2. The lowest BCUT2D eigenvalue weighted by atomic mass is 9.95. The maximum Gasteiger partial charge on any atom is 0.251 e. The molecule has 0 bridgehead atoms. The minimum Gasteiger partial charge on any atom is -0.454 e. The standard InChI is InChI=1S/C25H29N3O6S/c1-3-24(29)27-21-11-13-28(15-17(21)2)35(31,32)20-7-5-19(6-8-20)25(30)26-12-10-18-4-9-22-23(14-18)34-16-33-22/h3-9,14,17,21H,1,10-13,15-16H2,2H3,(H,26,30)(H,27,29). The highest BCUT2D eigenvalue weighted by atomic mass is 32.2. The van der Waals surface area contributed by atoms with Gasteiger partial charge in [0.2, 0.25) is 22.7 Å². The molecule has 0 spiro atoms. The predicted molar refractivity (Wildman–Crippen MR) is 130 cm³/mol. The second-order valence-corrected chi connectivity index (χ2v) is 10.6. The normalized spacial score (nSPS) is 19.7. The van der Waals surface area contributed by atoms with Gasteiger partial charge in [-0.05, 0) is 66.8 Å². The molecule has 0 saturated carbocycles. The minimum absolute atomic E-state index is 0.0442. The van der Waals surface area contributed by atoms with Crippen LogP contribution in [0.4, 0.5) is 0 Å². The van der Waals surface area contributed by atoms with Crippen LogP contribution in [0.2, 0.25) is 0 Å². The Labute approximate surface area is 205 Å². The number of hydrogen-bond acceptors (Lipinski definition) is 6. The number of nitrogens with zero attached hydrogens (tertiary/aromatic N) is 1. The van der Waals surface area contributed by atoms with Gasteiger partial charge in [-0.2, -0.15) is 4.31 Å². The van der Waals surface area contributed by atoms with Crippen LogP contribution in [0.3, 0.4) is 0 Å². The van der Waals surface area contributed by atoms with Gasteiger partial charge in [-0.25, -0.2) is 8.42 Å². The summed E-state index contributed by atoms with van der Waals surface area (Å²) in [6, 6.07) is 11.5. The van der Waals surface area contributed by atoms with E-state index in [-0.39, 0.29) is 35.5 Å². The first-order chi connectivity index (χ1) is 16.8. The topological polar surface area (TPSA) is 114 Å². The Kier molecular flexibility index (Phi) is 7.42. The van der Waals surface area contributed by atoms with E-state index >= 15 is 0 Å². The maximum atomic E-state index is 13.1. The molecule has 2 amide bonds. The van der Waals surface area contributed by atoms with E-state index in [4.69, 9.17) is 9.47 Å². The van der Waals surface area contributed by atoms with Crippen molar-refractivity contribution in [2.45, 2.75) is 30.7 Å². The molecule has 0 aliphatic carbocycles. The second kappa shape index (κ2) is 10.5. The number of fused-ring (bicyclic) bond motifs is 1. The number of hydrogen-bond donors (Lipinski definition) is 2. The van der Waals surface area contributed by atoms with Crippen LogP contribution in [0.5, 0.6) is 11.5 Å². The van der Waals surface area contributed by atoms with Crippen molar-refractivity contribution in [2.24, 2.45) is 5.92 Å². The van der Waals surface area contributed by atoms with Crippen molar-refractivity contribution in [1.29, 1.82) is 0 Å². The van der Waals surface area contributed by atoms with E-state index in [0.29, 0.717) is 49.5 Å². The fourth-order valence-electron chi connectivity index (χ4n) is 4.23. The summed E-state index contributed by atoms with van der Waals surface area (Å²) in [5, 5.41) is 5.71. The molecule has 1 saturated heterocycles. The highest BCUT2D eigenvalue weighted by Crippen LogP contribution is 2.32. The fourth-order valence-corrected chi connectivity index (χ4v) is 5.78. The molecule has 2 aliphatic heterocycles. The second-order valence-electron chi connectivity index (χ2n) is 8.67. The van der Waals surface area contributed by atoms with E-state index in [2.05, 4.69) is 17.2 Å². The van der Waals surface area contributed by atoms with Gasteiger partial charge in [0.25, 0.3) is 5.91 Å². The number of sulfonamides is 1. The average molecular weight is 500 g/mol. The van der Waals surface area contributed by atoms with Crippen LogP contribution in [-0.4, -0.2) is 57.0 Å². The summed E-state index contributed by atoms with van der Waals surface area (Å²) in [5.41, 5.74) is 1.40. The van der Waals surface area contributed by atoms with Crippen LogP contribution in [0.15, 0.2) is 60.0 Å². The largest absolute Gasteiger partial charge is 0.454 e. The van der Waals surface area contributed by atoms with E-state index in [1.165, 1.54) is 34.6 Å². The van der Waals surface area contributed by atoms with E-state index in [9.17, 15) is 18.0 Å².